The first-order valence-electron chi connectivity index (χ1n) is 7.23. The molecule has 0 aliphatic heterocycles. The fourth-order valence-electron chi connectivity index (χ4n) is 1.99. The minimum Gasteiger partial charge on any atom is -0.508 e. The van der Waals surface area contributed by atoms with Gasteiger partial charge >= 0.3 is 0 Å². The van der Waals surface area contributed by atoms with Crippen LogP contribution in [0.15, 0.2) is 47.6 Å². The van der Waals surface area contributed by atoms with E-state index in [9.17, 15) is 15.0 Å². The fourth-order valence-corrected chi connectivity index (χ4v) is 1.99. The van der Waals surface area contributed by atoms with Crippen LogP contribution in [0.5, 0.6) is 11.5 Å². The molecule has 0 spiro atoms. The summed E-state index contributed by atoms with van der Waals surface area (Å²) in [7, 11) is 0. The molecule has 5 heteroatoms. The average molecular weight is 312 g/mol. The number of carbonyl (C=O) groups is 1. The van der Waals surface area contributed by atoms with Gasteiger partial charge < -0.3 is 10.2 Å². The van der Waals surface area contributed by atoms with Gasteiger partial charge in [-0.15, -0.1) is 0 Å². The molecule has 0 fully saturated rings. The number of aromatic hydroxyl groups is 2. The number of carbonyl (C=O) groups excluding carboxylic acids is 1. The fraction of sp³-hybridized carbons (Fsp3) is 0.222. The van der Waals surface area contributed by atoms with Crippen molar-refractivity contribution in [1.82, 2.24) is 5.43 Å². The molecule has 0 heterocycles. The molecule has 120 valence electrons. The van der Waals surface area contributed by atoms with Crippen LogP contribution in [0.1, 0.15) is 42.3 Å². The zero-order valence-corrected chi connectivity index (χ0v) is 13.4. The standard InChI is InChI=1S/C18H20N2O3/c1-18(2,3)14-6-4-12(5-7-14)17(23)20-19-11-13-10-15(21)8-9-16(13)22/h4-11,21-22H,1-3H3,(H,20,23)/b19-11+. The maximum atomic E-state index is 12.0. The van der Waals surface area contributed by atoms with E-state index in [1.54, 1.807) is 12.1 Å². The van der Waals surface area contributed by atoms with Crippen molar-refractivity contribution in [3.05, 3.63) is 59.2 Å². The zero-order valence-electron chi connectivity index (χ0n) is 13.4. The lowest BCUT2D eigenvalue weighted by atomic mass is 9.87. The molecule has 0 saturated carbocycles. The van der Waals surface area contributed by atoms with Crippen LogP contribution in [0.4, 0.5) is 0 Å². The topological polar surface area (TPSA) is 81.9 Å². The van der Waals surface area contributed by atoms with Gasteiger partial charge in [-0.25, -0.2) is 5.43 Å². The summed E-state index contributed by atoms with van der Waals surface area (Å²) in [6.07, 6.45) is 1.27. The largest absolute Gasteiger partial charge is 0.508 e. The number of hydrazone groups is 1. The second kappa shape index (κ2) is 6.52. The molecule has 3 N–H and O–H groups in total. The minimum atomic E-state index is -0.346. The summed E-state index contributed by atoms with van der Waals surface area (Å²) in [6.45, 7) is 6.32. The highest BCUT2D eigenvalue weighted by Gasteiger charge is 2.14. The highest BCUT2D eigenvalue weighted by atomic mass is 16.3. The molecule has 0 aromatic heterocycles. The van der Waals surface area contributed by atoms with Crippen LogP contribution in [0.2, 0.25) is 0 Å². The van der Waals surface area contributed by atoms with E-state index in [1.165, 1.54) is 24.4 Å². The van der Waals surface area contributed by atoms with Crippen molar-refractivity contribution >= 4 is 12.1 Å². The molecule has 0 radical (unpaired) electrons. The Morgan fingerprint density at radius 1 is 1.09 bits per heavy atom. The van der Waals surface area contributed by atoms with Gasteiger partial charge in [-0.3, -0.25) is 4.79 Å². The monoisotopic (exact) mass is 312 g/mol. The zero-order chi connectivity index (χ0) is 17.0. The number of hydrogen-bond acceptors (Lipinski definition) is 4. The lowest BCUT2D eigenvalue weighted by molar-refractivity contribution is 0.0955. The molecule has 2 aromatic carbocycles. The number of phenols is 2. The Morgan fingerprint density at radius 2 is 1.74 bits per heavy atom. The van der Waals surface area contributed by atoms with Gasteiger partial charge in [0.2, 0.25) is 0 Å². The van der Waals surface area contributed by atoms with Gasteiger partial charge in [-0.1, -0.05) is 32.9 Å². The molecule has 5 nitrogen and oxygen atoms in total. The summed E-state index contributed by atoms with van der Waals surface area (Å²) in [4.78, 5) is 12.0. The molecule has 2 rings (SSSR count). The first kappa shape index (κ1) is 16.5. The van der Waals surface area contributed by atoms with Crippen LogP contribution in [0.3, 0.4) is 0 Å². The van der Waals surface area contributed by atoms with Crippen molar-refractivity contribution in [1.29, 1.82) is 0 Å². The SMILES string of the molecule is CC(C)(C)c1ccc(C(=O)N/N=C/c2cc(O)ccc2O)cc1. The Hall–Kier alpha value is -2.82. The van der Waals surface area contributed by atoms with Gasteiger partial charge in [0.05, 0.1) is 6.21 Å². The Kier molecular flexibility index (Phi) is 4.69. The maximum absolute atomic E-state index is 12.0. The van der Waals surface area contributed by atoms with E-state index in [0.29, 0.717) is 11.1 Å². The van der Waals surface area contributed by atoms with E-state index in [4.69, 9.17) is 0 Å². The van der Waals surface area contributed by atoms with Crippen LogP contribution in [-0.2, 0) is 5.41 Å². The van der Waals surface area contributed by atoms with E-state index in [1.807, 2.05) is 12.1 Å². The molecule has 23 heavy (non-hydrogen) atoms. The molecule has 2 aromatic rings. The van der Waals surface area contributed by atoms with E-state index in [2.05, 4.69) is 31.3 Å². The Balaban J connectivity index is 2.05. The van der Waals surface area contributed by atoms with Crippen molar-refractivity contribution in [2.75, 3.05) is 0 Å². The average Bonchev–Trinajstić information content (AvgIpc) is 2.50. The van der Waals surface area contributed by atoms with Crippen molar-refractivity contribution in [2.24, 2.45) is 5.10 Å². The number of hydrogen-bond donors (Lipinski definition) is 3. The number of nitrogens with one attached hydrogen (secondary N) is 1. The van der Waals surface area contributed by atoms with E-state index in [-0.39, 0.29) is 22.8 Å². The predicted octanol–water partition coefficient (Wildman–Crippen LogP) is 3.16. The van der Waals surface area contributed by atoms with E-state index >= 15 is 0 Å². The second-order valence-corrected chi connectivity index (χ2v) is 6.27. The first-order valence-corrected chi connectivity index (χ1v) is 7.23. The van der Waals surface area contributed by atoms with Gasteiger partial charge in [0.25, 0.3) is 5.91 Å². The van der Waals surface area contributed by atoms with Crippen molar-refractivity contribution in [3.63, 3.8) is 0 Å². The quantitative estimate of drug-likeness (QED) is 0.462. The molecule has 0 saturated heterocycles. The number of benzene rings is 2. The normalized spacial score (nSPS) is 11.6. The summed E-state index contributed by atoms with van der Waals surface area (Å²) >= 11 is 0. The van der Waals surface area contributed by atoms with Gasteiger partial charge in [0.1, 0.15) is 11.5 Å². The maximum Gasteiger partial charge on any atom is 0.271 e. The van der Waals surface area contributed by atoms with Gasteiger partial charge in [0, 0.05) is 11.1 Å². The van der Waals surface area contributed by atoms with Crippen LogP contribution in [0, 0.1) is 0 Å². The van der Waals surface area contributed by atoms with Crippen molar-refractivity contribution in [3.8, 4) is 11.5 Å². The lowest BCUT2D eigenvalue weighted by Crippen LogP contribution is -2.18. The summed E-state index contributed by atoms with van der Waals surface area (Å²) in [6, 6.07) is 11.4. The van der Waals surface area contributed by atoms with Crippen LogP contribution in [-0.4, -0.2) is 22.3 Å². The number of phenolic OH excluding ortho intramolecular Hbond substituents is 2. The highest BCUT2D eigenvalue weighted by molar-refractivity contribution is 5.95. The first-order chi connectivity index (χ1) is 10.8. The molecule has 0 unspecified atom stereocenters. The predicted molar refractivity (Wildman–Crippen MR) is 90.0 cm³/mol. The summed E-state index contributed by atoms with van der Waals surface area (Å²) in [5.41, 5.74) is 4.37. The van der Waals surface area contributed by atoms with Crippen molar-refractivity contribution < 1.29 is 15.0 Å². The number of rotatable bonds is 3. The summed E-state index contributed by atoms with van der Waals surface area (Å²) in [5.74, 6) is -0.370. The third kappa shape index (κ3) is 4.32. The smallest absolute Gasteiger partial charge is 0.271 e. The summed E-state index contributed by atoms with van der Waals surface area (Å²) in [5, 5.41) is 22.8. The van der Waals surface area contributed by atoms with Crippen LogP contribution in [0.25, 0.3) is 0 Å². The highest BCUT2D eigenvalue weighted by Crippen LogP contribution is 2.22. The molecular weight excluding hydrogens is 292 g/mol. The third-order valence-corrected chi connectivity index (χ3v) is 3.39. The number of nitrogens with zero attached hydrogens (tertiary/aromatic N) is 1. The Labute approximate surface area is 135 Å². The molecular formula is C18H20N2O3. The van der Waals surface area contributed by atoms with Crippen LogP contribution < -0.4 is 5.43 Å². The molecule has 0 aliphatic carbocycles. The van der Waals surface area contributed by atoms with Crippen LogP contribution >= 0.6 is 0 Å². The summed E-state index contributed by atoms with van der Waals surface area (Å²) < 4.78 is 0. The van der Waals surface area contributed by atoms with Gasteiger partial charge in [0.15, 0.2) is 0 Å². The second-order valence-electron chi connectivity index (χ2n) is 6.27. The molecule has 1 amide bonds. The van der Waals surface area contributed by atoms with Gasteiger partial charge in [-0.05, 0) is 41.3 Å². The molecule has 0 aliphatic rings. The van der Waals surface area contributed by atoms with E-state index in [0.717, 1.165) is 5.56 Å². The van der Waals surface area contributed by atoms with Crippen molar-refractivity contribution in [2.45, 2.75) is 26.2 Å². The van der Waals surface area contributed by atoms with Gasteiger partial charge in [-0.2, -0.15) is 5.10 Å². The van der Waals surface area contributed by atoms with E-state index < -0.39 is 0 Å². The third-order valence-electron chi connectivity index (χ3n) is 3.39. The Morgan fingerprint density at radius 3 is 2.35 bits per heavy atom. The number of amides is 1. The Bertz CT molecular complexity index is 729. The molecule has 0 atom stereocenters. The minimum absolute atomic E-state index is 0.00773. The molecule has 0 bridgehead atoms. The lowest BCUT2D eigenvalue weighted by Gasteiger charge is -2.18.